The van der Waals surface area contributed by atoms with Gasteiger partial charge in [-0.05, 0) is 25.1 Å². The molecule has 0 spiro atoms. The smallest absolute Gasteiger partial charge is 0.0503 e. The average Bonchev–Trinajstić information content (AvgIpc) is 2.57. The summed E-state index contributed by atoms with van der Waals surface area (Å²) in [4.78, 5) is 0. The molecule has 0 aliphatic rings. The molecule has 0 saturated heterocycles. The first kappa shape index (κ1) is 9.09. The summed E-state index contributed by atoms with van der Waals surface area (Å²) in [6.45, 7) is 3.60. The zero-order valence-electron chi connectivity index (χ0n) is 8.33. The van der Waals surface area contributed by atoms with Gasteiger partial charge in [0.2, 0.25) is 0 Å². The fourth-order valence-electron chi connectivity index (χ4n) is 1.90. The molecular formula is C11H15N3. The van der Waals surface area contributed by atoms with Gasteiger partial charge in [-0.3, -0.25) is 0 Å². The standard InChI is InChI=1S/C11H15N3/c1-2-14-8(7-12)6-9-10(13)4-3-5-11(9)14/h3-6H,2,7,12-13H2,1H3. The third kappa shape index (κ3) is 1.17. The van der Waals surface area contributed by atoms with Crippen molar-refractivity contribution < 1.29 is 0 Å². The van der Waals surface area contributed by atoms with E-state index in [1.54, 1.807) is 0 Å². The summed E-state index contributed by atoms with van der Waals surface area (Å²) in [5, 5.41) is 1.11. The lowest BCUT2D eigenvalue weighted by atomic mass is 10.2. The molecule has 0 atom stereocenters. The number of nitrogens with two attached hydrogens (primary N) is 2. The number of fused-ring (bicyclic) bond motifs is 1. The Hall–Kier alpha value is -1.48. The fourth-order valence-corrected chi connectivity index (χ4v) is 1.90. The lowest BCUT2D eigenvalue weighted by molar-refractivity contribution is 0.739. The summed E-state index contributed by atoms with van der Waals surface area (Å²) < 4.78 is 2.20. The van der Waals surface area contributed by atoms with E-state index in [1.807, 2.05) is 12.1 Å². The van der Waals surface area contributed by atoms with Gasteiger partial charge in [0.25, 0.3) is 0 Å². The van der Waals surface area contributed by atoms with Gasteiger partial charge >= 0.3 is 0 Å². The van der Waals surface area contributed by atoms with E-state index in [1.165, 1.54) is 5.52 Å². The van der Waals surface area contributed by atoms with E-state index in [-0.39, 0.29) is 0 Å². The number of aromatic nitrogens is 1. The van der Waals surface area contributed by atoms with Crippen LogP contribution < -0.4 is 11.5 Å². The normalized spacial score (nSPS) is 11.0. The Morgan fingerprint density at radius 1 is 1.36 bits per heavy atom. The van der Waals surface area contributed by atoms with Crippen molar-refractivity contribution in [1.29, 1.82) is 0 Å². The van der Waals surface area contributed by atoms with Gasteiger partial charge in [-0.2, -0.15) is 0 Å². The van der Waals surface area contributed by atoms with Gasteiger partial charge in [-0.1, -0.05) is 6.07 Å². The number of aryl methyl sites for hydroxylation is 1. The molecule has 0 saturated carbocycles. The van der Waals surface area contributed by atoms with Crippen molar-refractivity contribution in [1.82, 2.24) is 4.57 Å². The lowest BCUT2D eigenvalue weighted by Gasteiger charge is -2.05. The monoisotopic (exact) mass is 189 g/mol. The van der Waals surface area contributed by atoms with E-state index in [0.717, 1.165) is 23.3 Å². The molecule has 2 rings (SSSR count). The molecule has 0 amide bonds. The van der Waals surface area contributed by atoms with E-state index in [4.69, 9.17) is 11.5 Å². The molecule has 0 aliphatic heterocycles. The molecule has 1 aromatic carbocycles. The molecule has 14 heavy (non-hydrogen) atoms. The second-order valence-corrected chi connectivity index (χ2v) is 3.36. The molecule has 0 aliphatic carbocycles. The first-order chi connectivity index (χ1) is 6.77. The Morgan fingerprint density at radius 2 is 2.14 bits per heavy atom. The van der Waals surface area contributed by atoms with Crippen molar-refractivity contribution in [3.8, 4) is 0 Å². The van der Waals surface area contributed by atoms with Crippen LogP contribution in [0, 0.1) is 0 Å². The SMILES string of the molecule is CCn1c(CN)cc2c(N)cccc21. The van der Waals surface area contributed by atoms with Gasteiger partial charge in [0.05, 0.1) is 5.52 Å². The predicted molar refractivity (Wildman–Crippen MR) is 59.9 cm³/mol. The van der Waals surface area contributed by atoms with Crippen molar-refractivity contribution >= 4 is 16.6 Å². The molecule has 4 N–H and O–H groups in total. The van der Waals surface area contributed by atoms with E-state index >= 15 is 0 Å². The van der Waals surface area contributed by atoms with E-state index in [0.29, 0.717) is 6.54 Å². The number of hydrogen-bond donors (Lipinski definition) is 2. The van der Waals surface area contributed by atoms with Gasteiger partial charge in [0.15, 0.2) is 0 Å². The van der Waals surface area contributed by atoms with E-state index in [2.05, 4.69) is 23.6 Å². The average molecular weight is 189 g/mol. The van der Waals surface area contributed by atoms with Crippen molar-refractivity contribution in [3.63, 3.8) is 0 Å². The van der Waals surface area contributed by atoms with Crippen molar-refractivity contribution in [3.05, 3.63) is 30.0 Å². The molecule has 0 unspecified atom stereocenters. The molecule has 0 bridgehead atoms. The van der Waals surface area contributed by atoms with Crippen LogP contribution in [-0.4, -0.2) is 4.57 Å². The number of rotatable bonds is 2. The van der Waals surface area contributed by atoms with Crippen LogP contribution in [0.4, 0.5) is 5.69 Å². The first-order valence-corrected chi connectivity index (χ1v) is 4.84. The molecule has 3 nitrogen and oxygen atoms in total. The maximum atomic E-state index is 5.89. The Kier molecular flexibility index (Phi) is 2.17. The van der Waals surface area contributed by atoms with Crippen molar-refractivity contribution in [2.75, 3.05) is 5.73 Å². The van der Waals surface area contributed by atoms with Crippen LogP contribution >= 0.6 is 0 Å². The molecule has 3 heteroatoms. The minimum atomic E-state index is 0.558. The maximum absolute atomic E-state index is 5.89. The van der Waals surface area contributed by atoms with E-state index < -0.39 is 0 Å². The highest BCUT2D eigenvalue weighted by atomic mass is 15.0. The van der Waals surface area contributed by atoms with Crippen molar-refractivity contribution in [2.24, 2.45) is 5.73 Å². The molecule has 1 aromatic heterocycles. The van der Waals surface area contributed by atoms with Crippen LogP contribution in [0.15, 0.2) is 24.3 Å². The van der Waals surface area contributed by atoms with Gasteiger partial charge in [-0.15, -0.1) is 0 Å². The molecule has 0 fully saturated rings. The predicted octanol–water partition coefficient (Wildman–Crippen LogP) is 1.70. The summed E-state index contributed by atoms with van der Waals surface area (Å²) in [6.07, 6.45) is 0. The lowest BCUT2D eigenvalue weighted by Crippen LogP contribution is -2.05. The minimum absolute atomic E-state index is 0.558. The summed E-state index contributed by atoms with van der Waals surface area (Å²) >= 11 is 0. The maximum Gasteiger partial charge on any atom is 0.0503 e. The first-order valence-electron chi connectivity index (χ1n) is 4.84. The Bertz CT molecular complexity index is 457. The number of hydrogen-bond acceptors (Lipinski definition) is 2. The summed E-state index contributed by atoms with van der Waals surface area (Å²) in [5.74, 6) is 0. The topological polar surface area (TPSA) is 57.0 Å². The van der Waals surface area contributed by atoms with Crippen molar-refractivity contribution in [2.45, 2.75) is 20.0 Å². The Morgan fingerprint density at radius 3 is 2.79 bits per heavy atom. The van der Waals surface area contributed by atoms with Gasteiger partial charge < -0.3 is 16.0 Å². The van der Waals surface area contributed by atoms with Gasteiger partial charge in [-0.25, -0.2) is 0 Å². The molecule has 74 valence electrons. The third-order valence-corrected chi connectivity index (χ3v) is 2.59. The van der Waals surface area contributed by atoms with Crippen LogP contribution in [0.2, 0.25) is 0 Å². The number of anilines is 1. The van der Waals surface area contributed by atoms with Crippen LogP contribution in [0.3, 0.4) is 0 Å². The Balaban J connectivity index is 2.79. The second kappa shape index (κ2) is 3.35. The zero-order chi connectivity index (χ0) is 10.1. The highest BCUT2D eigenvalue weighted by Gasteiger charge is 2.07. The number of nitrogen functional groups attached to an aromatic ring is 1. The number of benzene rings is 1. The molecular weight excluding hydrogens is 174 g/mol. The quantitative estimate of drug-likeness (QED) is 0.706. The second-order valence-electron chi connectivity index (χ2n) is 3.36. The molecule has 2 aromatic rings. The zero-order valence-corrected chi connectivity index (χ0v) is 8.33. The highest BCUT2D eigenvalue weighted by Crippen LogP contribution is 2.24. The Labute approximate surface area is 83.3 Å². The summed E-state index contributed by atoms with van der Waals surface area (Å²) in [5.41, 5.74) is 14.7. The largest absolute Gasteiger partial charge is 0.398 e. The fraction of sp³-hybridized carbons (Fsp3) is 0.273. The van der Waals surface area contributed by atoms with Crippen LogP contribution in [-0.2, 0) is 13.1 Å². The van der Waals surface area contributed by atoms with Crippen LogP contribution in [0.1, 0.15) is 12.6 Å². The minimum Gasteiger partial charge on any atom is -0.398 e. The third-order valence-electron chi connectivity index (χ3n) is 2.59. The summed E-state index contributed by atoms with van der Waals surface area (Å²) in [6, 6.07) is 8.05. The summed E-state index contributed by atoms with van der Waals surface area (Å²) in [7, 11) is 0. The molecule has 1 heterocycles. The van der Waals surface area contributed by atoms with Crippen LogP contribution in [0.25, 0.3) is 10.9 Å². The van der Waals surface area contributed by atoms with Crippen LogP contribution in [0.5, 0.6) is 0 Å². The number of nitrogens with zero attached hydrogens (tertiary/aromatic N) is 1. The highest BCUT2D eigenvalue weighted by molar-refractivity contribution is 5.92. The van der Waals surface area contributed by atoms with Gasteiger partial charge in [0.1, 0.15) is 0 Å². The van der Waals surface area contributed by atoms with Gasteiger partial charge in [0, 0.05) is 29.9 Å². The van der Waals surface area contributed by atoms with E-state index in [9.17, 15) is 0 Å². The molecule has 0 radical (unpaired) electrons.